The van der Waals surface area contributed by atoms with Gasteiger partial charge < -0.3 is 25.4 Å². The summed E-state index contributed by atoms with van der Waals surface area (Å²) in [6.07, 6.45) is -0.618. The zero-order chi connectivity index (χ0) is 29.6. The Morgan fingerprint density at radius 1 is 0.900 bits per heavy atom. The number of benzene rings is 3. The number of hydrogen-bond donors (Lipinski definition) is 3. The number of ether oxygens (including phenoxy) is 1. The number of nitrogens with zero attached hydrogens (tertiary/aromatic N) is 1. The third-order valence-corrected chi connectivity index (χ3v) is 6.69. The van der Waals surface area contributed by atoms with Gasteiger partial charge in [-0.05, 0) is 87.6 Å². The first-order valence-electron chi connectivity index (χ1n) is 13.2. The predicted octanol–water partition coefficient (Wildman–Crippen LogP) is 5.59. The first-order chi connectivity index (χ1) is 18.8. The lowest BCUT2D eigenvalue weighted by Gasteiger charge is -2.32. The van der Waals surface area contributed by atoms with Crippen molar-refractivity contribution in [3.8, 4) is 5.75 Å². The molecular weight excluding hydrogens is 506 g/mol. The molecule has 2 atom stereocenters. The maximum absolute atomic E-state index is 14.1. The van der Waals surface area contributed by atoms with Crippen LogP contribution in [0.3, 0.4) is 0 Å². The van der Waals surface area contributed by atoms with E-state index in [9.17, 15) is 19.5 Å². The Morgan fingerprint density at radius 3 is 2.15 bits per heavy atom. The molecule has 0 aromatic heterocycles. The van der Waals surface area contributed by atoms with Gasteiger partial charge in [0.05, 0.1) is 0 Å². The van der Waals surface area contributed by atoms with Crippen molar-refractivity contribution >= 4 is 23.6 Å². The van der Waals surface area contributed by atoms with Crippen LogP contribution in [0.4, 0.5) is 10.5 Å². The maximum Gasteiger partial charge on any atom is 0.408 e. The lowest BCUT2D eigenvalue weighted by atomic mass is 9.95. The van der Waals surface area contributed by atoms with E-state index >= 15 is 0 Å². The molecule has 0 saturated heterocycles. The van der Waals surface area contributed by atoms with Crippen molar-refractivity contribution in [2.75, 3.05) is 12.4 Å². The summed E-state index contributed by atoms with van der Waals surface area (Å²) >= 11 is 0. The molecule has 40 heavy (non-hydrogen) atoms. The number of phenols is 1. The number of phenolic OH excluding ortho intramolecular Hbond substituents is 1. The van der Waals surface area contributed by atoms with Crippen molar-refractivity contribution in [2.45, 2.75) is 65.6 Å². The van der Waals surface area contributed by atoms with Crippen molar-refractivity contribution in [3.05, 3.63) is 94.5 Å². The van der Waals surface area contributed by atoms with Gasteiger partial charge in [-0.2, -0.15) is 0 Å². The van der Waals surface area contributed by atoms with Gasteiger partial charge in [-0.15, -0.1) is 0 Å². The smallest absolute Gasteiger partial charge is 0.408 e. The van der Waals surface area contributed by atoms with Crippen LogP contribution in [0.25, 0.3) is 0 Å². The lowest BCUT2D eigenvalue weighted by molar-refractivity contribution is -0.139. The minimum atomic E-state index is -1.04. The zero-order valence-electron chi connectivity index (χ0n) is 24.2. The molecule has 3 amide bonds. The molecule has 0 fully saturated rings. The van der Waals surface area contributed by atoms with E-state index in [4.69, 9.17) is 4.74 Å². The number of nitrogens with one attached hydrogen (secondary N) is 2. The third-order valence-electron chi connectivity index (χ3n) is 6.69. The summed E-state index contributed by atoms with van der Waals surface area (Å²) in [5.41, 5.74) is 4.05. The molecule has 0 heterocycles. The summed E-state index contributed by atoms with van der Waals surface area (Å²) in [4.78, 5) is 42.1. The quantitative estimate of drug-likeness (QED) is 0.342. The molecule has 2 unspecified atom stereocenters. The van der Waals surface area contributed by atoms with Gasteiger partial charge in [0, 0.05) is 19.2 Å². The summed E-state index contributed by atoms with van der Waals surface area (Å²) in [5.74, 6) is -0.754. The van der Waals surface area contributed by atoms with E-state index < -0.39 is 29.7 Å². The molecule has 0 bridgehead atoms. The van der Waals surface area contributed by atoms with Crippen molar-refractivity contribution in [1.82, 2.24) is 10.2 Å². The van der Waals surface area contributed by atoms with E-state index in [1.807, 2.05) is 63.2 Å². The Hall–Kier alpha value is -4.33. The van der Waals surface area contributed by atoms with Crippen LogP contribution in [-0.2, 0) is 20.7 Å². The van der Waals surface area contributed by atoms with E-state index in [1.54, 1.807) is 40.0 Å². The van der Waals surface area contributed by atoms with E-state index in [0.29, 0.717) is 16.8 Å². The van der Waals surface area contributed by atoms with E-state index in [2.05, 4.69) is 10.6 Å². The molecule has 0 spiro atoms. The zero-order valence-corrected chi connectivity index (χ0v) is 24.2. The number of amides is 3. The molecule has 3 aromatic carbocycles. The third kappa shape index (κ3) is 7.85. The SMILES string of the molecule is Cc1ccccc1NC(=O)C(c1cccc(C)c1C)N(C)C(=O)C(Cc1ccc(O)cc1)NC(=O)OC(C)(C)C. The highest BCUT2D eigenvalue weighted by Gasteiger charge is 2.35. The second kappa shape index (κ2) is 12.7. The van der Waals surface area contributed by atoms with Crippen LogP contribution in [0.2, 0.25) is 0 Å². The number of aromatic hydroxyl groups is 1. The van der Waals surface area contributed by atoms with Crippen LogP contribution >= 0.6 is 0 Å². The number of anilines is 1. The number of carbonyl (C=O) groups excluding carboxylic acids is 3. The number of hydrogen-bond acceptors (Lipinski definition) is 5. The highest BCUT2D eigenvalue weighted by atomic mass is 16.6. The van der Waals surface area contributed by atoms with E-state index in [-0.39, 0.29) is 18.1 Å². The molecule has 3 rings (SSSR count). The normalized spacial score (nSPS) is 12.7. The summed E-state index contributed by atoms with van der Waals surface area (Å²) < 4.78 is 5.43. The lowest BCUT2D eigenvalue weighted by Crippen LogP contribution is -2.52. The molecule has 0 aliphatic carbocycles. The molecule has 212 valence electrons. The number of carbonyl (C=O) groups is 3. The van der Waals surface area contributed by atoms with Gasteiger partial charge in [-0.3, -0.25) is 9.59 Å². The molecular formula is C32H39N3O5. The van der Waals surface area contributed by atoms with Crippen molar-refractivity contribution in [1.29, 1.82) is 0 Å². The van der Waals surface area contributed by atoms with Gasteiger partial charge in [-0.25, -0.2) is 4.79 Å². The Balaban J connectivity index is 2.00. The molecule has 3 aromatic rings. The molecule has 0 aliphatic heterocycles. The van der Waals surface area contributed by atoms with Gasteiger partial charge in [0.15, 0.2) is 0 Å². The Kier molecular flexibility index (Phi) is 9.58. The fraction of sp³-hybridized carbons (Fsp3) is 0.344. The Labute approximate surface area is 236 Å². The molecule has 8 nitrogen and oxygen atoms in total. The first kappa shape index (κ1) is 30.2. The van der Waals surface area contributed by atoms with Gasteiger partial charge in [0.1, 0.15) is 23.4 Å². The summed E-state index contributed by atoms with van der Waals surface area (Å²) in [7, 11) is 1.56. The summed E-state index contributed by atoms with van der Waals surface area (Å²) in [5, 5.41) is 15.4. The fourth-order valence-corrected chi connectivity index (χ4v) is 4.40. The van der Waals surface area contributed by atoms with Crippen LogP contribution < -0.4 is 10.6 Å². The topological polar surface area (TPSA) is 108 Å². The van der Waals surface area contributed by atoms with Crippen LogP contribution in [0, 0.1) is 20.8 Å². The molecule has 3 N–H and O–H groups in total. The van der Waals surface area contributed by atoms with Crippen molar-refractivity contribution < 1.29 is 24.2 Å². The minimum absolute atomic E-state index is 0.0895. The standard InChI is InChI=1S/C32H39N3O5/c1-20-12-10-13-25(22(20)3)28(29(37)33-26-14-9-8-11-21(26)2)35(7)30(38)27(34-31(39)40-32(4,5)6)19-23-15-17-24(36)18-16-23/h8-18,27-28,36H,19H2,1-7H3,(H,33,37)(H,34,39). The minimum Gasteiger partial charge on any atom is -0.508 e. The Morgan fingerprint density at radius 2 is 1.52 bits per heavy atom. The molecule has 0 aliphatic rings. The highest BCUT2D eigenvalue weighted by molar-refractivity contribution is 5.99. The fourth-order valence-electron chi connectivity index (χ4n) is 4.40. The molecule has 0 radical (unpaired) electrons. The summed E-state index contributed by atoms with van der Waals surface area (Å²) in [6.45, 7) is 11.0. The predicted molar refractivity (Wildman–Crippen MR) is 156 cm³/mol. The monoisotopic (exact) mass is 545 g/mol. The van der Waals surface area contributed by atoms with E-state index in [0.717, 1.165) is 16.7 Å². The Bertz CT molecular complexity index is 1360. The number of alkyl carbamates (subject to hydrolysis) is 1. The second-order valence-electron chi connectivity index (χ2n) is 11.0. The number of rotatable bonds is 8. The average Bonchev–Trinajstić information content (AvgIpc) is 2.87. The second-order valence-corrected chi connectivity index (χ2v) is 11.0. The van der Waals surface area contributed by atoms with Crippen molar-refractivity contribution in [2.24, 2.45) is 0 Å². The first-order valence-corrected chi connectivity index (χ1v) is 13.2. The van der Waals surface area contributed by atoms with E-state index in [1.165, 1.54) is 17.0 Å². The average molecular weight is 546 g/mol. The van der Waals surface area contributed by atoms with Gasteiger partial charge in [0.2, 0.25) is 5.91 Å². The van der Waals surface area contributed by atoms with Crippen LogP contribution in [0.1, 0.15) is 54.6 Å². The number of likely N-dealkylation sites (N-methyl/N-ethyl adjacent to an activating group) is 1. The van der Waals surface area contributed by atoms with Gasteiger partial charge in [-0.1, -0.05) is 48.5 Å². The van der Waals surface area contributed by atoms with Crippen LogP contribution in [0.5, 0.6) is 5.75 Å². The van der Waals surface area contributed by atoms with Gasteiger partial charge in [0.25, 0.3) is 5.91 Å². The van der Waals surface area contributed by atoms with Crippen LogP contribution in [0.15, 0.2) is 66.7 Å². The molecule has 8 heteroatoms. The van der Waals surface area contributed by atoms with Crippen LogP contribution in [-0.4, -0.2) is 46.6 Å². The van der Waals surface area contributed by atoms with Crippen molar-refractivity contribution in [3.63, 3.8) is 0 Å². The maximum atomic E-state index is 14.1. The summed E-state index contributed by atoms with van der Waals surface area (Å²) in [6, 6.07) is 17.5. The van der Waals surface area contributed by atoms with Gasteiger partial charge >= 0.3 is 6.09 Å². The molecule has 0 saturated carbocycles. The highest BCUT2D eigenvalue weighted by Crippen LogP contribution is 2.28. The largest absolute Gasteiger partial charge is 0.508 e. The number of para-hydroxylation sites is 1. The number of aryl methyl sites for hydroxylation is 2.